The lowest BCUT2D eigenvalue weighted by molar-refractivity contribution is 0.0386. The highest BCUT2D eigenvalue weighted by Crippen LogP contribution is 2.26. The Kier molecular flexibility index (Phi) is 3.91. The van der Waals surface area contributed by atoms with Crippen molar-refractivity contribution in [1.82, 2.24) is 14.4 Å². The summed E-state index contributed by atoms with van der Waals surface area (Å²) in [7, 11) is 0. The molecule has 110 valence electrons. The van der Waals surface area contributed by atoms with E-state index in [4.69, 9.17) is 0 Å². The van der Waals surface area contributed by atoms with E-state index < -0.39 is 0 Å². The van der Waals surface area contributed by atoms with E-state index in [9.17, 15) is 4.79 Å². The number of halogens is 1. The monoisotopic (exact) mass is 339 g/mol. The molecule has 0 radical (unpaired) electrons. The van der Waals surface area contributed by atoms with E-state index in [2.05, 4.69) is 39.6 Å². The summed E-state index contributed by atoms with van der Waals surface area (Å²) >= 11 is 3.48. The van der Waals surface area contributed by atoms with Crippen molar-refractivity contribution in [3.63, 3.8) is 0 Å². The molecule has 2 aliphatic rings. The fourth-order valence-corrected chi connectivity index (χ4v) is 4.00. The molecule has 1 amide bonds. The molecule has 2 atom stereocenters. The summed E-state index contributed by atoms with van der Waals surface area (Å²) in [5.74, 6) is 0.177. The van der Waals surface area contributed by atoms with Crippen LogP contribution in [0, 0.1) is 0 Å². The van der Waals surface area contributed by atoms with Gasteiger partial charge in [0.15, 0.2) is 0 Å². The van der Waals surface area contributed by atoms with Gasteiger partial charge in [-0.3, -0.25) is 9.69 Å². The third kappa shape index (κ3) is 2.42. The van der Waals surface area contributed by atoms with E-state index >= 15 is 0 Å². The third-order valence-corrected chi connectivity index (χ3v) is 5.05. The van der Waals surface area contributed by atoms with Crippen molar-refractivity contribution in [2.24, 2.45) is 0 Å². The van der Waals surface area contributed by atoms with Gasteiger partial charge in [0.2, 0.25) is 0 Å². The van der Waals surface area contributed by atoms with Crippen LogP contribution in [0.2, 0.25) is 0 Å². The van der Waals surface area contributed by atoms with Gasteiger partial charge in [-0.05, 0) is 55.2 Å². The Morgan fingerprint density at radius 3 is 3.00 bits per heavy atom. The number of fused-ring (bicyclic) bond motifs is 1. The Morgan fingerprint density at radius 1 is 1.45 bits per heavy atom. The van der Waals surface area contributed by atoms with Gasteiger partial charge in [-0.25, -0.2) is 0 Å². The maximum absolute atomic E-state index is 12.9. The molecule has 3 heterocycles. The number of nitrogens with zero attached hydrogens (tertiary/aromatic N) is 3. The number of rotatable bonds is 2. The molecular formula is C15H22BrN3O. The molecule has 0 N–H and O–H groups in total. The first-order valence-electron chi connectivity index (χ1n) is 7.51. The van der Waals surface area contributed by atoms with Crippen LogP contribution in [-0.4, -0.2) is 52.0 Å². The highest BCUT2D eigenvalue weighted by atomic mass is 79.9. The van der Waals surface area contributed by atoms with Gasteiger partial charge in [-0.2, -0.15) is 0 Å². The highest BCUT2D eigenvalue weighted by molar-refractivity contribution is 9.10. The van der Waals surface area contributed by atoms with Crippen LogP contribution < -0.4 is 0 Å². The molecule has 4 nitrogen and oxygen atoms in total. The predicted octanol–water partition coefficient (Wildman–Crippen LogP) is 2.58. The molecule has 0 aliphatic carbocycles. The molecule has 0 saturated carbocycles. The number of hydrogen-bond acceptors (Lipinski definition) is 2. The molecule has 5 heteroatoms. The molecule has 0 aromatic carbocycles. The highest BCUT2D eigenvalue weighted by Gasteiger charge is 2.37. The smallest absolute Gasteiger partial charge is 0.270 e. The minimum absolute atomic E-state index is 0.177. The van der Waals surface area contributed by atoms with Gasteiger partial charge in [-0.15, -0.1) is 0 Å². The summed E-state index contributed by atoms with van der Waals surface area (Å²) in [5, 5.41) is 0. The summed E-state index contributed by atoms with van der Waals surface area (Å²) < 4.78 is 3.01. The number of amides is 1. The fourth-order valence-electron chi connectivity index (χ4n) is 3.53. The number of carbonyl (C=O) groups is 1. The van der Waals surface area contributed by atoms with Crippen LogP contribution in [0.5, 0.6) is 0 Å². The van der Waals surface area contributed by atoms with Crippen molar-refractivity contribution in [1.29, 1.82) is 0 Å². The van der Waals surface area contributed by atoms with Crippen LogP contribution in [-0.2, 0) is 6.54 Å². The largest absolute Gasteiger partial charge is 0.343 e. The van der Waals surface area contributed by atoms with Crippen molar-refractivity contribution < 1.29 is 4.79 Å². The summed E-state index contributed by atoms with van der Waals surface area (Å²) in [6, 6.07) is 2.82. The first kappa shape index (κ1) is 14.1. The van der Waals surface area contributed by atoms with Crippen LogP contribution in [0.15, 0.2) is 16.7 Å². The van der Waals surface area contributed by atoms with E-state index in [1.807, 2.05) is 16.8 Å². The topological polar surface area (TPSA) is 28.5 Å². The molecule has 3 rings (SSSR count). The summed E-state index contributed by atoms with van der Waals surface area (Å²) in [6.07, 6.45) is 4.50. The maximum Gasteiger partial charge on any atom is 0.270 e. The Bertz CT molecular complexity index is 513. The Hall–Kier alpha value is -0.810. The molecule has 2 unspecified atom stereocenters. The average Bonchev–Trinajstić information content (AvgIpc) is 3.02. The van der Waals surface area contributed by atoms with Crippen molar-refractivity contribution in [2.75, 3.05) is 19.6 Å². The van der Waals surface area contributed by atoms with Gasteiger partial charge in [0.25, 0.3) is 5.91 Å². The minimum Gasteiger partial charge on any atom is -0.343 e. The zero-order valence-electron chi connectivity index (χ0n) is 12.2. The Morgan fingerprint density at radius 2 is 2.25 bits per heavy atom. The van der Waals surface area contributed by atoms with Crippen LogP contribution in [0.25, 0.3) is 0 Å². The average molecular weight is 340 g/mol. The minimum atomic E-state index is 0.177. The van der Waals surface area contributed by atoms with E-state index in [0.717, 1.165) is 29.8 Å². The molecule has 2 aliphatic heterocycles. The molecule has 0 spiro atoms. The predicted molar refractivity (Wildman–Crippen MR) is 82.9 cm³/mol. The van der Waals surface area contributed by atoms with Crippen LogP contribution in [0.1, 0.15) is 37.2 Å². The lowest BCUT2D eigenvalue weighted by Crippen LogP contribution is -2.56. The van der Waals surface area contributed by atoms with Gasteiger partial charge in [0.05, 0.1) is 0 Å². The standard InChI is InChI=1S/C15H22BrN3O/c1-3-17-9-12(16)7-14(17)15(20)19-10-13-5-4-6-18(13)8-11(19)2/h7,9,11,13H,3-6,8,10H2,1-2H3. The number of aryl methyl sites for hydroxylation is 1. The summed E-state index contributed by atoms with van der Waals surface area (Å²) in [5.41, 5.74) is 0.803. The zero-order chi connectivity index (χ0) is 14.3. The quantitative estimate of drug-likeness (QED) is 0.828. The van der Waals surface area contributed by atoms with Crippen LogP contribution >= 0.6 is 15.9 Å². The number of hydrogen-bond donors (Lipinski definition) is 0. The number of carbonyl (C=O) groups excluding carboxylic acids is 1. The molecule has 2 saturated heterocycles. The first-order chi connectivity index (χ1) is 9.60. The molecular weight excluding hydrogens is 318 g/mol. The Balaban J connectivity index is 1.82. The van der Waals surface area contributed by atoms with Crippen molar-refractivity contribution >= 4 is 21.8 Å². The van der Waals surface area contributed by atoms with E-state index in [-0.39, 0.29) is 5.91 Å². The molecule has 20 heavy (non-hydrogen) atoms. The maximum atomic E-state index is 12.9. The summed E-state index contributed by atoms with van der Waals surface area (Å²) in [4.78, 5) is 17.5. The molecule has 2 fully saturated rings. The zero-order valence-corrected chi connectivity index (χ0v) is 13.8. The van der Waals surface area contributed by atoms with Crippen LogP contribution in [0.4, 0.5) is 0 Å². The van der Waals surface area contributed by atoms with Crippen LogP contribution in [0.3, 0.4) is 0 Å². The molecule has 1 aromatic heterocycles. The molecule has 1 aromatic rings. The normalized spacial score (nSPS) is 26.9. The second-order valence-corrected chi connectivity index (χ2v) is 6.84. The second kappa shape index (κ2) is 5.53. The van der Waals surface area contributed by atoms with E-state index in [1.165, 1.54) is 19.4 Å². The number of piperazine rings is 1. The van der Waals surface area contributed by atoms with Gasteiger partial charge >= 0.3 is 0 Å². The lowest BCUT2D eigenvalue weighted by Gasteiger charge is -2.42. The lowest BCUT2D eigenvalue weighted by atomic mass is 10.1. The van der Waals surface area contributed by atoms with Gasteiger partial charge in [-0.1, -0.05) is 0 Å². The Labute approximate surface area is 128 Å². The van der Waals surface area contributed by atoms with E-state index in [1.54, 1.807) is 0 Å². The van der Waals surface area contributed by atoms with Crippen molar-refractivity contribution in [2.45, 2.75) is 45.3 Å². The van der Waals surface area contributed by atoms with Crippen molar-refractivity contribution in [3.05, 3.63) is 22.4 Å². The van der Waals surface area contributed by atoms with Crippen molar-refractivity contribution in [3.8, 4) is 0 Å². The fraction of sp³-hybridized carbons (Fsp3) is 0.667. The molecule has 0 bridgehead atoms. The van der Waals surface area contributed by atoms with Gasteiger partial charge in [0, 0.05) is 42.4 Å². The SMILES string of the molecule is CCn1cc(Br)cc1C(=O)N1CC2CCCN2CC1C. The summed E-state index contributed by atoms with van der Waals surface area (Å²) in [6.45, 7) is 8.16. The van der Waals surface area contributed by atoms with E-state index in [0.29, 0.717) is 12.1 Å². The second-order valence-electron chi connectivity index (χ2n) is 5.93. The first-order valence-corrected chi connectivity index (χ1v) is 8.30. The third-order valence-electron chi connectivity index (χ3n) is 4.62. The van der Waals surface area contributed by atoms with Gasteiger partial charge < -0.3 is 9.47 Å². The van der Waals surface area contributed by atoms with Gasteiger partial charge in [0.1, 0.15) is 5.69 Å². The number of aromatic nitrogens is 1.